The number of ketones is 1. The fourth-order valence-corrected chi connectivity index (χ4v) is 2.14. The highest BCUT2D eigenvalue weighted by Crippen LogP contribution is 2.13. The molecule has 0 fully saturated rings. The molecule has 1 aromatic heterocycles. The summed E-state index contributed by atoms with van der Waals surface area (Å²) < 4.78 is 0. The van der Waals surface area contributed by atoms with E-state index in [1.54, 1.807) is 11.3 Å². The molecular weight excluding hydrogens is 194 g/mol. The lowest BCUT2D eigenvalue weighted by Crippen LogP contribution is -2.23. The Labute approximate surface area is 89.1 Å². The number of carbonyl (C=O) groups excluding carboxylic acids is 1. The molecule has 1 atom stereocenters. The van der Waals surface area contributed by atoms with Gasteiger partial charge in [-0.3, -0.25) is 4.79 Å². The van der Waals surface area contributed by atoms with Crippen LogP contribution in [0.5, 0.6) is 0 Å². The Hall–Kier alpha value is -0.670. The van der Waals surface area contributed by atoms with E-state index in [4.69, 9.17) is 5.73 Å². The maximum absolute atomic E-state index is 11.6. The predicted molar refractivity (Wildman–Crippen MR) is 60.5 cm³/mol. The maximum atomic E-state index is 11.6. The van der Waals surface area contributed by atoms with Crippen LogP contribution in [-0.2, 0) is 11.2 Å². The number of thiophene rings is 1. The Morgan fingerprint density at radius 2 is 2.43 bits per heavy atom. The predicted octanol–water partition coefficient (Wildman–Crippen LogP) is 2.23. The number of aryl methyl sites for hydroxylation is 1. The highest BCUT2D eigenvalue weighted by atomic mass is 32.1. The fourth-order valence-electron chi connectivity index (χ4n) is 1.43. The molecule has 0 aliphatic carbocycles. The van der Waals surface area contributed by atoms with E-state index in [0.29, 0.717) is 18.7 Å². The van der Waals surface area contributed by atoms with Crippen LogP contribution in [0.1, 0.15) is 24.6 Å². The molecule has 0 saturated carbocycles. The number of nitrogens with two attached hydrogens (primary N) is 1. The van der Waals surface area contributed by atoms with Crippen molar-refractivity contribution in [2.24, 2.45) is 11.7 Å². The fraction of sp³-hybridized carbons (Fsp3) is 0.545. The molecule has 1 unspecified atom stereocenters. The van der Waals surface area contributed by atoms with Crippen molar-refractivity contribution in [2.45, 2.75) is 26.2 Å². The molecule has 0 saturated heterocycles. The van der Waals surface area contributed by atoms with Crippen LogP contribution < -0.4 is 5.73 Å². The van der Waals surface area contributed by atoms with E-state index in [1.165, 1.54) is 4.88 Å². The Bertz CT molecular complexity index is 265. The number of rotatable bonds is 6. The second kappa shape index (κ2) is 5.94. The number of hydrogen-bond acceptors (Lipinski definition) is 3. The molecule has 0 spiro atoms. The molecule has 1 rings (SSSR count). The monoisotopic (exact) mass is 211 g/mol. The normalized spacial score (nSPS) is 12.7. The number of carbonyl (C=O) groups is 1. The van der Waals surface area contributed by atoms with Crippen molar-refractivity contribution in [1.29, 1.82) is 0 Å². The minimum Gasteiger partial charge on any atom is -0.330 e. The van der Waals surface area contributed by atoms with Crippen molar-refractivity contribution in [3.8, 4) is 0 Å². The van der Waals surface area contributed by atoms with Crippen molar-refractivity contribution in [3.05, 3.63) is 22.4 Å². The molecule has 1 heterocycles. The van der Waals surface area contributed by atoms with Gasteiger partial charge in [0, 0.05) is 23.8 Å². The first-order chi connectivity index (χ1) is 6.77. The summed E-state index contributed by atoms with van der Waals surface area (Å²) in [6, 6.07) is 4.09. The van der Waals surface area contributed by atoms with E-state index in [0.717, 1.165) is 12.8 Å². The summed E-state index contributed by atoms with van der Waals surface area (Å²) in [4.78, 5) is 12.9. The topological polar surface area (TPSA) is 43.1 Å². The van der Waals surface area contributed by atoms with Crippen LogP contribution in [0.25, 0.3) is 0 Å². The lowest BCUT2D eigenvalue weighted by Gasteiger charge is -2.09. The largest absolute Gasteiger partial charge is 0.330 e. The summed E-state index contributed by atoms with van der Waals surface area (Å²) in [6.07, 6.45) is 2.36. The first-order valence-electron chi connectivity index (χ1n) is 5.03. The Balaban J connectivity index is 2.34. The van der Waals surface area contributed by atoms with E-state index in [1.807, 2.05) is 18.4 Å². The van der Waals surface area contributed by atoms with Gasteiger partial charge >= 0.3 is 0 Å². The van der Waals surface area contributed by atoms with E-state index >= 15 is 0 Å². The molecule has 0 amide bonds. The minimum absolute atomic E-state index is 0.0648. The zero-order chi connectivity index (χ0) is 10.4. The molecule has 2 nitrogen and oxygen atoms in total. The summed E-state index contributed by atoms with van der Waals surface area (Å²) in [5, 5.41) is 2.04. The summed E-state index contributed by atoms with van der Waals surface area (Å²) in [5.41, 5.74) is 5.51. The molecule has 0 aromatic carbocycles. The van der Waals surface area contributed by atoms with Crippen molar-refractivity contribution in [2.75, 3.05) is 6.54 Å². The maximum Gasteiger partial charge on any atom is 0.137 e. The second-order valence-corrected chi connectivity index (χ2v) is 4.42. The molecule has 3 heteroatoms. The molecule has 0 bridgehead atoms. The van der Waals surface area contributed by atoms with Gasteiger partial charge in [0.2, 0.25) is 0 Å². The molecule has 1 aromatic rings. The third-order valence-electron chi connectivity index (χ3n) is 2.43. The zero-order valence-electron chi connectivity index (χ0n) is 8.53. The van der Waals surface area contributed by atoms with Crippen LogP contribution in [0, 0.1) is 5.92 Å². The SMILES string of the molecule is CCC(CN)C(=O)CCc1cccs1. The molecule has 0 aliphatic heterocycles. The number of hydrogen-bond donors (Lipinski definition) is 1. The minimum atomic E-state index is 0.0648. The van der Waals surface area contributed by atoms with E-state index in [-0.39, 0.29) is 5.92 Å². The van der Waals surface area contributed by atoms with Gasteiger partial charge in [-0.15, -0.1) is 11.3 Å². The van der Waals surface area contributed by atoms with E-state index in [9.17, 15) is 4.79 Å². The molecule has 78 valence electrons. The lowest BCUT2D eigenvalue weighted by atomic mass is 9.97. The highest BCUT2D eigenvalue weighted by molar-refractivity contribution is 7.09. The van der Waals surface area contributed by atoms with Gasteiger partial charge in [0.05, 0.1) is 0 Å². The summed E-state index contributed by atoms with van der Waals surface area (Å²) in [6.45, 7) is 2.50. The lowest BCUT2D eigenvalue weighted by molar-refractivity contribution is -0.122. The van der Waals surface area contributed by atoms with Crippen molar-refractivity contribution in [1.82, 2.24) is 0 Å². The van der Waals surface area contributed by atoms with Gasteiger partial charge in [-0.2, -0.15) is 0 Å². The van der Waals surface area contributed by atoms with Gasteiger partial charge < -0.3 is 5.73 Å². The molecule has 0 aliphatic rings. The van der Waals surface area contributed by atoms with Crippen molar-refractivity contribution in [3.63, 3.8) is 0 Å². The zero-order valence-corrected chi connectivity index (χ0v) is 9.35. The van der Waals surface area contributed by atoms with Crippen LogP contribution in [0.4, 0.5) is 0 Å². The Kier molecular flexibility index (Phi) is 4.84. The first-order valence-corrected chi connectivity index (χ1v) is 5.91. The first kappa shape index (κ1) is 11.4. The van der Waals surface area contributed by atoms with Gasteiger partial charge in [-0.25, -0.2) is 0 Å². The molecule has 2 N–H and O–H groups in total. The summed E-state index contributed by atoms with van der Waals surface area (Å²) >= 11 is 1.71. The third kappa shape index (κ3) is 3.24. The highest BCUT2D eigenvalue weighted by Gasteiger charge is 2.13. The second-order valence-electron chi connectivity index (χ2n) is 3.39. The van der Waals surface area contributed by atoms with Gasteiger partial charge in [-0.05, 0) is 24.3 Å². The average Bonchev–Trinajstić information content (AvgIpc) is 2.69. The van der Waals surface area contributed by atoms with E-state index < -0.39 is 0 Å². The molecular formula is C11H17NOS. The van der Waals surface area contributed by atoms with Gasteiger partial charge in [0.25, 0.3) is 0 Å². The summed E-state index contributed by atoms with van der Waals surface area (Å²) in [5.74, 6) is 0.373. The molecule has 0 radical (unpaired) electrons. The van der Waals surface area contributed by atoms with E-state index in [2.05, 4.69) is 6.07 Å². The standard InChI is InChI=1S/C11H17NOS/c1-2-9(8-12)11(13)6-5-10-4-3-7-14-10/h3-4,7,9H,2,5-6,8,12H2,1H3. The van der Waals surface area contributed by atoms with Crippen LogP contribution in [0.3, 0.4) is 0 Å². The average molecular weight is 211 g/mol. The van der Waals surface area contributed by atoms with Gasteiger partial charge in [0.15, 0.2) is 0 Å². The third-order valence-corrected chi connectivity index (χ3v) is 3.37. The van der Waals surface area contributed by atoms with Crippen LogP contribution in [0.15, 0.2) is 17.5 Å². The van der Waals surface area contributed by atoms with Crippen molar-refractivity contribution < 1.29 is 4.79 Å². The van der Waals surface area contributed by atoms with Gasteiger partial charge in [-0.1, -0.05) is 13.0 Å². The van der Waals surface area contributed by atoms with Gasteiger partial charge in [0.1, 0.15) is 5.78 Å². The van der Waals surface area contributed by atoms with Crippen molar-refractivity contribution >= 4 is 17.1 Å². The molecule has 14 heavy (non-hydrogen) atoms. The van der Waals surface area contributed by atoms with Crippen LogP contribution in [0.2, 0.25) is 0 Å². The Morgan fingerprint density at radius 1 is 1.64 bits per heavy atom. The quantitative estimate of drug-likeness (QED) is 0.784. The number of Topliss-reactive ketones (excluding diaryl/α,β-unsaturated/α-hetero) is 1. The van der Waals surface area contributed by atoms with Crippen LogP contribution >= 0.6 is 11.3 Å². The Morgan fingerprint density at radius 3 is 2.93 bits per heavy atom. The summed E-state index contributed by atoms with van der Waals surface area (Å²) in [7, 11) is 0. The smallest absolute Gasteiger partial charge is 0.137 e. The van der Waals surface area contributed by atoms with Crippen LogP contribution in [-0.4, -0.2) is 12.3 Å².